The van der Waals surface area contributed by atoms with Crippen molar-refractivity contribution in [3.8, 4) is 6.07 Å². The molecule has 0 saturated carbocycles. The van der Waals surface area contributed by atoms with Crippen molar-refractivity contribution in [2.24, 2.45) is 0 Å². The van der Waals surface area contributed by atoms with Gasteiger partial charge in [0.2, 0.25) is 12.4 Å². The summed E-state index contributed by atoms with van der Waals surface area (Å²) in [5.74, 6) is 0. The summed E-state index contributed by atoms with van der Waals surface area (Å²) in [4.78, 5) is 8.93. The first-order valence-corrected chi connectivity index (χ1v) is 9.22. The number of rotatable bonds is 2. The smallest absolute Gasteiger partial charge is 0.255 e. The maximum Gasteiger partial charge on any atom is 0.255 e. The Balaban J connectivity index is 0.000000375. The summed E-state index contributed by atoms with van der Waals surface area (Å²) < 4.78 is 23.3. The van der Waals surface area contributed by atoms with Crippen LogP contribution < -0.4 is 14.8 Å². The van der Waals surface area contributed by atoms with E-state index in [1.54, 1.807) is 18.0 Å². The van der Waals surface area contributed by atoms with Crippen LogP contribution in [0.15, 0.2) is 30.7 Å². The van der Waals surface area contributed by atoms with Crippen LogP contribution in [0.4, 0.5) is 0 Å². The molecule has 9 heteroatoms. The van der Waals surface area contributed by atoms with Crippen molar-refractivity contribution in [2.75, 3.05) is 13.4 Å². The Hall–Kier alpha value is -2.54. The zero-order valence-corrected chi connectivity index (χ0v) is 16.5. The SMILES string of the molecule is CO[n+]1cc(C)cc(C)c1.CS(=O)(=O)O[O-].Cc1cnc(C#N)c(C)c1. The van der Waals surface area contributed by atoms with E-state index >= 15 is 0 Å². The van der Waals surface area contributed by atoms with Crippen LogP contribution in [0.1, 0.15) is 27.9 Å². The van der Waals surface area contributed by atoms with E-state index in [0.717, 1.165) is 11.1 Å². The van der Waals surface area contributed by atoms with Gasteiger partial charge in [0.1, 0.15) is 18.9 Å². The van der Waals surface area contributed by atoms with Crippen molar-refractivity contribution in [1.82, 2.24) is 4.98 Å². The van der Waals surface area contributed by atoms with Crippen LogP contribution in [0.2, 0.25) is 0 Å². The van der Waals surface area contributed by atoms with Gasteiger partial charge >= 0.3 is 0 Å². The zero-order valence-electron chi connectivity index (χ0n) is 15.7. The third-order valence-corrected chi connectivity index (χ3v) is 3.02. The molecule has 2 aromatic heterocycles. The molecule has 0 bridgehead atoms. The Morgan fingerprint density at radius 2 is 1.62 bits per heavy atom. The van der Waals surface area contributed by atoms with Crippen molar-refractivity contribution in [3.63, 3.8) is 0 Å². The summed E-state index contributed by atoms with van der Waals surface area (Å²) in [5.41, 5.74) is 4.98. The van der Waals surface area contributed by atoms with Gasteiger partial charge in [-0.25, -0.2) is 13.4 Å². The Morgan fingerprint density at radius 1 is 1.12 bits per heavy atom. The van der Waals surface area contributed by atoms with Crippen LogP contribution in [0.25, 0.3) is 0 Å². The molecule has 0 saturated heterocycles. The third-order valence-electron chi connectivity index (χ3n) is 2.77. The van der Waals surface area contributed by atoms with Gasteiger partial charge in [-0.2, -0.15) is 5.26 Å². The minimum Gasteiger partial charge on any atom is -0.707 e. The fourth-order valence-electron chi connectivity index (χ4n) is 1.81. The van der Waals surface area contributed by atoms with E-state index in [1.807, 2.05) is 52.2 Å². The van der Waals surface area contributed by atoms with E-state index < -0.39 is 10.1 Å². The number of pyridine rings is 2. The van der Waals surface area contributed by atoms with Gasteiger partial charge in [0.25, 0.3) is 10.1 Å². The molecule has 0 fully saturated rings. The number of aryl methyl sites for hydroxylation is 4. The highest BCUT2D eigenvalue weighted by molar-refractivity contribution is 7.85. The van der Waals surface area contributed by atoms with Crippen LogP contribution in [-0.4, -0.2) is 26.8 Å². The molecule has 0 N–H and O–H groups in total. The Bertz CT molecular complexity index is 841. The first kappa shape index (κ1) is 23.5. The lowest BCUT2D eigenvalue weighted by atomic mass is 10.2. The highest BCUT2D eigenvalue weighted by atomic mass is 32.2. The molecule has 0 spiro atoms. The second-order valence-electron chi connectivity index (χ2n) is 5.50. The summed E-state index contributed by atoms with van der Waals surface area (Å²) in [5, 5.41) is 17.4. The number of hydrogen-bond donors (Lipinski definition) is 0. The summed E-state index contributed by atoms with van der Waals surface area (Å²) in [6.07, 6.45) is 6.26. The molecule has 0 aliphatic rings. The Kier molecular flexibility index (Phi) is 10.1. The van der Waals surface area contributed by atoms with Gasteiger partial charge in [0, 0.05) is 22.1 Å². The number of nitriles is 1. The van der Waals surface area contributed by atoms with Gasteiger partial charge in [-0.05, 0) is 44.9 Å². The fourth-order valence-corrected chi connectivity index (χ4v) is 1.81. The third kappa shape index (κ3) is 10.4. The normalized spacial score (nSPS) is 9.77. The molecule has 142 valence electrons. The molecule has 2 rings (SSSR count). The molecular weight excluding hydrogens is 358 g/mol. The van der Waals surface area contributed by atoms with E-state index in [9.17, 15) is 8.42 Å². The van der Waals surface area contributed by atoms with E-state index in [4.69, 9.17) is 15.4 Å². The lowest BCUT2D eigenvalue weighted by Crippen LogP contribution is -2.40. The van der Waals surface area contributed by atoms with Gasteiger partial charge in [-0.3, -0.25) is 4.84 Å². The van der Waals surface area contributed by atoms with Crippen molar-refractivity contribution in [1.29, 1.82) is 5.26 Å². The van der Waals surface area contributed by atoms with Crippen LogP contribution >= 0.6 is 0 Å². The summed E-state index contributed by atoms with van der Waals surface area (Å²) in [6, 6.07) is 6.07. The van der Waals surface area contributed by atoms with Crippen molar-refractivity contribution >= 4 is 10.1 Å². The first-order valence-electron chi connectivity index (χ1n) is 7.41. The van der Waals surface area contributed by atoms with Gasteiger partial charge in [0.15, 0.2) is 0 Å². The fraction of sp³-hybridized carbons (Fsp3) is 0.353. The predicted octanol–water partition coefficient (Wildman–Crippen LogP) is 0.457. The summed E-state index contributed by atoms with van der Waals surface area (Å²) >= 11 is 0. The molecule has 0 unspecified atom stereocenters. The van der Waals surface area contributed by atoms with Gasteiger partial charge in [0.05, 0.1) is 6.26 Å². The molecule has 0 atom stereocenters. The maximum absolute atomic E-state index is 9.47. The van der Waals surface area contributed by atoms with Crippen LogP contribution in [0.5, 0.6) is 0 Å². The predicted molar refractivity (Wildman–Crippen MR) is 93.0 cm³/mol. The standard InChI is InChI=1S/C8H8N2.C8H12NO.CH4O4S/c1-6-3-7(2)8(4-9)10-5-6;1-7-4-8(2)6-9(5-7)10-3;1-6(3,4)5-2/h3,5H,1-2H3;4-6H,1-3H3;2H,1H3/q;+1;/p-1. The minimum atomic E-state index is -3.72. The first-order chi connectivity index (χ1) is 12.0. The molecule has 2 heterocycles. The maximum atomic E-state index is 9.47. The Morgan fingerprint density at radius 3 is 1.96 bits per heavy atom. The molecule has 0 aliphatic carbocycles. The highest BCUT2D eigenvalue weighted by Crippen LogP contribution is 2.04. The van der Waals surface area contributed by atoms with E-state index in [0.29, 0.717) is 11.9 Å². The average molecular weight is 381 g/mol. The second-order valence-corrected chi connectivity index (χ2v) is 7.04. The lowest BCUT2D eigenvalue weighted by Gasteiger charge is -1.97. The molecule has 26 heavy (non-hydrogen) atoms. The zero-order chi connectivity index (χ0) is 20.3. The quantitative estimate of drug-likeness (QED) is 0.421. The molecular formula is C17H23N3O5S. The Labute approximate surface area is 154 Å². The van der Waals surface area contributed by atoms with E-state index in [2.05, 4.69) is 15.4 Å². The monoisotopic (exact) mass is 381 g/mol. The van der Waals surface area contributed by atoms with Gasteiger partial charge < -0.3 is 9.59 Å². The van der Waals surface area contributed by atoms with E-state index in [-0.39, 0.29) is 0 Å². The van der Waals surface area contributed by atoms with Crippen molar-refractivity contribution < 1.29 is 27.6 Å². The molecule has 0 radical (unpaired) electrons. The van der Waals surface area contributed by atoms with Gasteiger partial charge in [-0.15, -0.1) is 0 Å². The van der Waals surface area contributed by atoms with Crippen molar-refractivity contribution in [3.05, 3.63) is 58.7 Å². The molecule has 8 nitrogen and oxygen atoms in total. The highest BCUT2D eigenvalue weighted by Gasteiger charge is 2.00. The second kappa shape index (κ2) is 11.1. The molecule has 0 aliphatic heterocycles. The number of aromatic nitrogens is 2. The molecule has 0 amide bonds. The number of nitrogens with zero attached hydrogens (tertiary/aromatic N) is 3. The topological polar surface area (TPSA) is 116 Å². The molecule has 2 aromatic rings. The lowest BCUT2D eigenvalue weighted by molar-refractivity contribution is -0.886. The summed E-state index contributed by atoms with van der Waals surface area (Å²) in [6.45, 7) is 7.94. The molecule has 0 aromatic carbocycles. The van der Waals surface area contributed by atoms with Gasteiger partial charge in [-0.1, -0.05) is 6.07 Å². The van der Waals surface area contributed by atoms with Crippen molar-refractivity contribution in [2.45, 2.75) is 27.7 Å². The van der Waals surface area contributed by atoms with Crippen LogP contribution in [0, 0.1) is 39.0 Å². The van der Waals surface area contributed by atoms with E-state index in [1.165, 1.54) is 11.1 Å². The van der Waals surface area contributed by atoms with Crippen LogP contribution in [0.3, 0.4) is 0 Å². The minimum absolute atomic E-state index is 0.519. The van der Waals surface area contributed by atoms with Crippen LogP contribution in [-0.2, 0) is 14.5 Å². The number of hydrogen-bond acceptors (Lipinski definition) is 7. The average Bonchev–Trinajstić information content (AvgIpc) is 2.54. The largest absolute Gasteiger partial charge is 0.707 e. The summed E-state index contributed by atoms with van der Waals surface area (Å²) in [7, 11) is -2.07.